The SMILES string of the molecule is COc1cccc(N)c1C(=O)NC1CCCC1C. The fraction of sp³-hybridized carbons (Fsp3) is 0.500. The van der Waals surface area contributed by atoms with E-state index in [1.54, 1.807) is 25.3 Å². The summed E-state index contributed by atoms with van der Waals surface area (Å²) < 4.78 is 5.20. The van der Waals surface area contributed by atoms with E-state index >= 15 is 0 Å². The third kappa shape index (κ3) is 2.42. The van der Waals surface area contributed by atoms with Crippen molar-refractivity contribution in [3.05, 3.63) is 23.8 Å². The van der Waals surface area contributed by atoms with Crippen LogP contribution in [0.25, 0.3) is 0 Å². The number of rotatable bonds is 3. The Kier molecular flexibility index (Phi) is 3.75. The molecule has 1 aromatic carbocycles. The zero-order valence-electron chi connectivity index (χ0n) is 10.9. The zero-order valence-corrected chi connectivity index (χ0v) is 10.9. The summed E-state index contributed by atoms with van der Waals surface area (Å²) in [6, 6.07) is 5.50. The topological polar surface area (TPSA) is 64.3 Å². The first-order valence-electron chi connectivity index (χ1n) is 6.37. The van der Waals surface area contributed by atoms with Gasteiger partial charge in [0, 0.05) is 11.7 Å². The van der Waals surface area contributed by atoms with E-state index in [1.165, 1.54) is 12.8 Å². The molecule has 0 bridgehead atoms. The van der Waals surface area contributed by atoms with Crippen molar-refractivity contribution in [2.75, 3.05) is 12.8 Å². The monoisotopic (exact) mass is 248 g/mol. The second kappa shape index (κ2) is 5.29. The minimum Gasteiger partial charge on any atom is -0.496 e. The molecule has 1 aliphatic carbocycles. The largest absolute Gasteiger partial charge is 0.496 e. The fourth-order valence-corrected chi connectivity index (χ4v) is 2.56. The van der Waals surface area contributed by atoms with Gasteiger partial charge in [-0.1, -0.05) is 19.4 Å². The maximum absolute atomic E-state index is 12.3. The van der Waals surface area contributed by atoms with Crippen LogP contribution in [0.3, 0.4) is 0 Å². The minimum absolute atomic E-state index is 0.135. The third-order valence-corrected chi connectivity index (χ3v) is 3.68. The van der Waals surface area contributed by atoms with E-state index in [9.17, 15) is 4.79 Å². The van der Waals surface area contributed by atoms with Gasteiger partial charge in [-0.25, -0.2) is 0 Å². The second-order valence-electron chi connectivity index (χ2n) is 4.91. The quantitative estimate of drug-likeness (QED) is 0.806. The Bertz CT molecular complexity index is 445. The molecule has 2 atom stereocenters. The van der Waals surface area contributed by atoms with Gasteiger partial charge in [0.25, 0.3) is 5.91 Å². The van der Waals surface area contributed by atoms with E-state index in [4.69, 9.17) is 10.5 Å². The second-order valence-corrected chi connectivity index (χ2v) is 4.91. The van der Waals surface area contributed by atoms with E-state index in [1.807, 2.05) is 0 Å². The highest BCUT2D eigenvalue weighted by Gasteiger charge is 2.26. The van der Waals surface area contributed by atoms with Gasteiger partial charge in [-0.2, -0.15) is 0 Å². The summed E-state index contributed by atoms with van der Waals surface area (Å²) in [5.41, 5.74) is 6.77. The van der Waals surface area contributed by atoms with Crippen molar-refractivity contribution >= 4 is 11.6 Å². The lowest BCUT2D eigenvalue weighted by molar-refractivity contribution is 0.0927. The predicted octanol–water partition coefficient (Wildman–Crippen LogP) is 2.20. The van der Waals surface area contributed by atoms with Crippen LogP contribution in [-0.2, 0) is 0 Å². The van der Waals surface area contributed by atoms with Crippen LogP contribution in [0, 0.1) is 5.92 Å². The molecule has 1 aromatic rings. The number of anilines is 1. The van der Waals surface area contributed by atoms with Crippen molar-refractivity contribution < 1.29 is 9.53 Å². The van der Waals surface area contributed by atoms with Crippen LogP contribution in [0.1, 0.15) is 36.5 Å². The number of nitrogens with one attached hydrogen (secondary N) is 1. The van der Waals surface area contributed by atoms with Gasteiger partial charge >= 0.3 is 0 Å². The van der Waals surface area contributed by atoms with Gasteiger partial charge < -0.3 is 15.8 Å². The van der Waals surface area contributed by atoms with Gasteiger partial charge in [-0.05, 0) is 30.9 Å². The number of carbonyl (C=O) groups is 1. The number of carbonyl (C=O) groups excluding carboxylic acids is 1. The molecule has 1 aliphatic rings. The number of amides is 1. The molecule has 0 aromatic heterocycles. The lowest BCUT2D eigenvalue weighted by Gasteiger charge is -2.19. The van der Waals surface area contributed by atoms with Crippen LogP contribution in [0.4, 0.5) is 5.69 Å². The lowest BCUT2D eigenvalue weighted by atomic mass is 10.1. The van der Waals surface area contributed by atoms with Crippen LogP contribution in [0.5, 0.6) is 5.75 Å². The number of methoxy groups -OCH3 is 1. The summed E-state index contributed by atoms with van der Waals surface area (Å²) in [6.07, 6.45) is 3.39. The molecule has 1 fully saturated rings. The molecule has 0 saturated heterocycles. The highest BCUT2D eigenvalue weighted by molar-refractivity contribution is 6.02. The van der Waals surface area contributed by atoms with Crippen LogP contribution in [0.2, 0.25) is 0 Å². The maximum atomic E-state index is 12.3. The molecule has 2 unspecified atom stereocenters. The van der Waals surface area contributed by atoms with Gasteiger partial charge in [-0.15, -0.1) is 0 Å². The summed E-state index contributed by atoms with van der Waals surface area (Å²) in [5, 5.41) is 3.06. The van der Waals surface area contributed by atoms with E-state index in [-0.39, 0.29) is 11.9 Å². The molecule has 4 heteroatoms. The average Bonchev–Trinajstić information content (AvgIpc) is 2.74. The van der Waals surface area contributed by atoms with Crippen molar-refractivity contribution in [1.82, 2.24) is 5.32 Å². The fourth-order valence-electron chi connectivity index (χ4n) is 2.56. The normalized spacial score (nSPS) is 22.8. The van der Waals surface area contributed by atoms with Crippen molar-refractivity contribution in [2.24, 2.45) is 5.92 Å². The Balaban J connectivity index is 2.18. The maximum Gasteiger partial charge on any atom is 0.257 e. The first-order valence-corrected chi connectivity index (χ1v) is 6.37. The standard InChI is InChI=1S/C14H20N2O2/c1-9-5-3-7-11(9)16-14(17)13-10(15)6-4-8-12(13)18-2/h4,6,8-9,11H,3,5,7,15H2,1-2H3,(H,16,17). The number of nitrogen functional groups attached to an aromatic ring is 1. The number of hydrogen-bond acceptors (Lipinski definition) is 3. The molecule has 3 N–H and O–H groups in total. The van der Waals surface area contributed by atoms with Crippen molar-refractivity contribution in [1.29, 1.82) is 0 Å². The highest BCUT2D eigenvalue weighted by atomic mass is 16.5. The number of ether oxygens (including phenoxy) is 1. The summed E-state index contributed by atoms with van der Waals surface area (Å²) in [5.74, 6) is 0.923. The molecular formula is C14H20N2O2. The molecule has 1 amide bonds. The molecule has 98 valence electrons. The average molecular weight is 248 g/mol. The molecule has 4 nitrogen and oxygen atoms in total. The van der Waals surface area contributed by atoms with Crippen molar-refractivity contribution in [3.8, 4) is 5.75 Å². The Morgan fingerprint density at radius 3 is 2.83 bits per heavy atom. The lowest BCUT2D eigenvalue weighted by Crippen LogP contribution is -2.36. The van der Waals surface area contributed by atoms with E-state index in [2.05, 4.69) is 12.2 Å². The molecular weight excluding hydrogens is 228 g/mol. The summed E-state index contributed by atoms with van der Waals surface area (Å²) in [4.78, 5) is 12.3. The van der Waals surface area contributed by atoms with Crippen LogP contribution < -0.4 is 15.8 Å². The van der Waals surface area contributed by atoms with Crippen molar-refractivity contribution in [3.63, 3.8) is 0 Å². The van der Waals surface area contributed by atoms with Gasteiger partial charge in [0.2, 0.25) is 0 Å². The smallest absolute Gasteiger partial charge is 0.257 e. The number of nitrogens with two attached hydrogens (primary N) is 1. The zero-order chi connectivity index (χ0) is 13.1. The Labute approximate surface area is 108 Å². The molecule has 0 radical (unpaired) electrons. The highest BCUT2D eigenvalue weighted by Crippen LogP contribution is 2.28. The molecule has 0 heterocycles. The van der Waals surface area contributed by atoms with E-state index in [0.717, 1.165) is 6.42 Å². The number of hydrogen-bond donors (Lipinski definition) is 2. The van der Waals surface area contributed by atoms with Gasteiger partial charge in [-0.3, -0.25) is 4.79 Å². The summed E-state index contributed by atoms with van der Waals surface area (Å²) >= 11 is 0. The molecule has 18 heavy (non-hydrogen) atoms. The van der Waals surface area contributed by atoms with Crippen molar-refractivity contribution in [2.45, 2.75) is 32.2 Å². The first kappa shape index (κ1) is 12.7. The third-order valence-electron chi connectivity index (χ3n) is 3.68. The van der Waals surface area contributed by atoms with Gasteiger partial charge in [0.05, 0.1) is 7.11 Å². The first-order chi connectivity index (χ1) is 8.63. The Morgan fingerprint density at radius 2 is 2.22 bits per heavy atom. The molecule has 0 aliphatic heterocycles. The molecule has 1 saturated carbocycles. The molecule has 0 spiro atoms. The molecule has 2 rings (SSSR count). The Hall–Kier alpha value is -1.71. The summed E-state index contributed by atoms with van der Waals surface area (Å²) in [6.45, 7) is 2.17. The van der Waals surface area contributed by atoms with E-state index < -0.39 is 0 Å². The summed E-state index contributed by atoms with van der Waals surface area (Å²) in [7, 11) is 1.55. The van der Waals surface area contributed by atoms with Crippen LogP contribution in [-0.4, -0.2) is 19.1 Å². The Morgan fingerprint density at radius 1 is 1.44 bits per heavy atom. The van der Waals surface area contributed by atoms with Crippen LogP contribution in [0.15, 0.2) is 18.2 Å². The predicted molar refractivity (Wildman–Crippen MR) is 71.7 cm³/mol. The van der Waals surface area contributed by atoms with Crippen LogP contribution >= 0.6 is 0 Å². The van der Waals surface area contributed by atoms with E-state index in [0.29, 0.717) is 22.9 Å². The number of benzene rings is 1. The minimum atomic E-state index is -0.135. The van der Waals surface area contributed by atoms with Gasteiger partial charge in [0.1, 0.15) is 11.3 Å². The van der Waals surface area contributed by atoms with Gasteiger partial charge in [0.15, 0.2) is 0 Å².